The maximum Gasteiger partial charge on any atom is 0.185 e. The summed E-state index contributed by atoms with van der Waals surface area (Å²) in [5.74, 6) is 0. The molecule has 2 rings (SSSR count). The normalized spacial score (nSPS) is 33.6. The zero-order valence-electron chi connectivity index (χ0n) is 8.41. The average molecular weight is 220 g/mol. The molecule has 0 aromatic carbocycles. The first-order chi connectivity index (χ1) is 7.58. The zero-order valence-corrected chi connectivity index (χ0v) is 8.41. The van der Waals surface area contributed by atoms with Crippen LogP contribution in [-0.2, 0) is 0 Å². The van der Waals surface area contributed by atoms with Gasteiger partial charge in [0.05, 0.1) is 11.4 Å². The predicted octanol–water partition coefficient (Wildman–Crippen LogP) is -1.23. The zero-order chi connectivity index (χ0) is 11.7. The van der Waals surface area contributed by atoms with Crippen molar-refractivity contribution < 1.29 is 10.2 Å². The van der Waals surface area contributed by atoms with Crippen molar-refractivity contribution in [3.8, 4) is 0 Å². The lowest BCUT2D eigenvalue weighted by Gasteiger charge is -2.15. The third kappa shape index (κ3) is 1.88. The molecule has 2 aliphatic heterocycles. The van der Waals surface area contributed by atoms with Crippen molar-refractivity contribution >= 4 is 12.4 Å². The Balaban J connectivity index is 2.38. The van der Waals surface area contributed by atoms with Gasteiger partial charge >= 0.3 is 0 Å². The van der Waals surface area contributed by atoms with Crippen molar-refractivity contribution in [1.29, 1.82) is 0 Å². The molecular formula is C10H12N4O2. The highest BCUT2D eigenvalue weighted by Gasteiger charge is 2.15. The lowest BCUT2D eigenvalue weighted by Crippen LogP contribution is -2.21. The Kier molecular flexibility index (Phi) is 2.59. The van der Waals surface area contributed by atoms with E-state index in [9.17, 15) is 10.2 Å². The van der Waals surface area contributed by atoms with Crippen LogP contribution in [0.5, 0.6) is 0 Å². The molecule has 2 aliphatic rings. The van der Waals surface area contributed by atoms with Gasteiger partial charge in [-0.3, -0.25) is 9.98 Å². The van der Waals surface area contributed by atoms with Crippen LogP contribution in [0.15, 0.2) is 44.7 Å². The molecule has 6 heteroatoms. The summed E-state index contributed by atoms with van der Waals surface area (Å²) >= 11 is 0. The van der Waals surface area contributed by atoms with E-state index in [2.05, 4.69) is 9.98 Å². The molecule has 0 amide bonds. The van der Waals surface area contributed by atoms with E-state index in [1.807, 2.05) is 0 Å². The SMILES string of the molecule is NC1=C/C(=C2\C=NC(O)C(N)=C2)C=NC1O. The van der Waals surface area contributed by atoms with Gasteiger partial charge in [-0.2, -0.15) is 0 Å². The van der Waals surface area contributed by atoms with Crippen LogP contribution in [0.25, 0.3) is 0 Å². The van der Waals surface area contributed by atoms with E-state index in [0.29, 0.717) is 11.1 Å². The number of nitrogens with two attached hydrogens (primary N) is 2. The monoisotopic (exact) mass is 220 g/mol. The average Bonchev–Trinajstić information content (AvgIpc) is 2.26. The van der Waals surface area contributed by atoms with Gasteiger partial charge in [0.15, 0.2) is 12.5 Å². The Morgan fingerprint density at radius 1 is 0.875 bits per heavy atom. The fourth-order valence-electron chi connectivity index (χ4n) is 1.37. The van der Waals surface area contributed by atoms with Gasteiger partial charge in [0, 0.05) is 23.6 Å². The van der Waals surface area contributed by atoms with Gasteiger partial charge in [0.2, 0.25) is 0 Å². The Hall–Kier alpha value is -1.92. The van der Waals surface area contributed by atoms with Crippen LogP contribution in [0, 0.1) is 0 Å². The highest BCUT2D eigenvalue weighted by Crippen LogP contribution is 2.16. The largest absolute Gasteiger partial charge is 0.398 e. The number of rotatable bonds is 0. The number of aliphatic hydroxyl groups excluding tert-OH is 2. The van der Waals surface area contributed by atoms with Crippen LogP contribution >= 0.6 is 0 Å². The number of nitrogens with zero attached hydrogens (tertiary/aromatic N) is 2. The molecule has 2 atom stereocenters. The molecule has 0 aliphatic carbocycles. The molecule has 0 saturated heterocycles. The fraction of sp³-hybridized carbons (Fsp3) is 0.200. The summed E-state index contributed by atoms with van der Waals surface area (Å²) in [4.78, 5) is 7.59. The molecule has 2 heterocycles. The van der Waals surface area contributed by atoms with Crippen molar-refractivity contribution in [3.05, 3.63) is 34.7 Å². The number of hydrogen-bond acceptors (Lipinski definition) is 6. The first-order valence-electron chi connectivity index (χ1n) is 4.69. The van der Waals surface area contributed by atoms with E-state index < -0.39 is 12.5 Å². The Labute approximate surface area is 92.0 Å². The Bertz CT molecular complexity index is 417. The van der Waals surface area contributed by atoms with Crippen molar-refractivity contribution in [2.75, 3.05) is 0 Å². The first kappa shape index (κ1) is 10.6. The van der Waals surface area contributed by atoms with Gasteiger partial charge in [-0.15, -0.1) is 0 Å². The number of aliphatic hydroxyl groups is 2. The van der Waals surface area contributed by atoms with Gasteiger partial charge < -0.3 is 21.7 Å². The van der Waals surface area contributed by atoms with Gasteiger partial charge in [-0.1, -0.05) is 0 Å². The van der Waals surface area contributed by atoms with Crippen LogP contribution in [0.2, 0.25) is 0 Å². The minimum absolute atomic E-state index is 0.261. The standard InChI is InChI=1S/C10H12N4O2/c11-7-1-5(3-13-9(7)15)6-2-8(12)10(16)14-4-6/h1-4,9-10,15-16H,11-12H2/b6-5+. The van der Waals surface area contributed by atoms with Crippen molar-refractivity contribution in [2.45, 2.75) is 12.5 Å². The lowest BCUT2D eigenvalue weighted by atomic mass is 10.0. The summed E-state index contributed by atoms with van der Waals surface area (Å²) in [7, 11) is 0. The van der Waals surface area contributed by atoms with E-state index in [1.54, 1.807) is 12.2 Å². The van der Waals surface area contributed by atoms with Crippen LogP contribution < -0.4 is 11.5 Å². The number of hydrogen-bond donors (Lipinski definition) is 4. The second-order valence-electron chi connectivity index (χ2n) is 3.50. The second kappa shape index (κ2) is 3.92. The van der Waals surface area contributed by atoms with Gasteiger partial charge in [-0.25, -0.2) is 0 Å². The topological polar surface area (TPSA) is 117 Å². The molecule has 0 aromatic heterocycles. The third-order valence-corrected chi connectivity index (χ3v) is 2.28. The Morgan fingerprint density at radius 3 is 1.56 bits per heavy atom. The molecule has 84 valence electrons. The summed E-state index contributed by atoms with van der Waals surface area (Å²) in [6, 6.07) is 0. The van der Waals surface area contributed by atoms with E-state index in [-0.39, 0.29) is 11.4 Å². The highest BCUT2D eigenvalue weighted by molar-refractivity contribution is 5.97. The molecule has 0 radical (unpaired) electrons. The maximum absolute atomic E-state index is 9.26. The van der Waals surface area contributed by atoms with Crippen LogP contribution in [0.4, 0.5) is 0 Å². The summed E-state index contributed by atoms with van der Waals surface area (Å²) in [6.07, 6.45) is 4.20. The maximum atomic E-state index is 9.26. The predicted molar refractivity (Wildman–Crippen MR) is 60.6 cm³/mol. The first-order valence-corrected chi connectivity index (χ1v) is 4.69. The van der Waals surface area contributed by atoms with Crippen LogP contribution in [0.1, 0.15) is 0 Å². The molecule has 16 heavy (non-hydrogen) atoms. The second-order valence-corrected chi connectivity index (χ2v) is 3.50. The number of allylic oxidation sites excluding steroid dienone is 4. The molecule has 0 fully saturated rings. The molecule has 0 saturated carbocycles. The summed E-state index contributed by atoms with van der Waals surface area (Å²) in [5, 5.41) is 18.5. The summed E-state index contributed by atoms with van der Waals surface area (Å²) in [5.41, 5.74) is 13.0. The van der Waals surface area contributed by atoms with Gasteiger partial charge in [0.1, 0.15) is 0 Å². The lowest BCUT2D eigenvalue weighted by molar-refractivity contribution is 0.218. The van der Waals surface area contributed by atoms with E-state index >= 15 is 0 Å². The third-order valence-electron chi connectivity index (χ3n) is 2.28. The van der Waals surface area contributed by atoms with Gasteiger partial charge in [0.25, 0.3) is 0 Å². The molecule has 0 bridgehead atoms. The minimum Gasteiger partial charge on any atom is -0.398 e. The van der Waals surface area contributed by atoms with Crippen molar-refractivity contribution in [2.24, 2.45) is 21.5 Å². The van der Waals surface area contributed by atoms with E-state index in [0.717, 1.165) is 0 Å². The summed E-state index contributed by atoms with van der Waals surface area (Å²) in [6.45, 7) is 0. The Morgan fingerprint density at radius 2 is 1.25 bits per heavy atom. The molecule has 0 spiro atoms. The fourth-order valence-corrected chi connectivity index (χ4v) is 1.37. The number of aliphatic imine (C=N–C) groups is 2. The molecule has 2 unspecified atom stereocenters. The quantitative estimate of drug-likeness (QED) is 0.409. The summed E-state index contributed by atoms with van der Waals surface area (Å²) < 4.78 is 0. The van der Waals surface area contributed by atoms with Crippen LogP contribution in [-0.4, -0.2) is 35.1 Å². The van der Waals surface area contributed by atoms with Crippen molar-refractivity contribution in [1.82, 2.24) is 0 Å². The molecular weight excluding hydrogens is 208 g/mol. The smallest absolute Gasteiger partial charge is 0.185 e. The van der Waals surface area contributed by atoms with Gasteiger partial charge in [-0.05, 0) is 12.2 Å². The minimum atomic E-state index is -0.989. The number of dihydropyridines is 2. The van der Waals surface area contributed by atoms with E-state index in [4.69, 9.17) is 11.5 Å². The van der Waals surface area contributed by atoms with Crippen LogP contribution in [0.3, 0.4) is 0 Å². The van der Waals surface area contributed by atoms with E-state index in [1.165, 1.54) is 12.4 Å². The highest BCUT2D eigenvalue weighted by atomic mass is 16.3. The van der Waals surface area contributed by atoms with Crippen molar-refractivity contribution in [3.63, 3.8) is 0 Å². The molecule has 6 nitrogen and oxygen atoms in total. The molecule has 0 aromatic rings. The molecule has 6 N–H and O–H groups in total.